The lowest BCUT2D eigenvalue weighted by Gasteiger charge is -2.25. The summed E-state index contributed by atoms with van der Waals surface area (Å²) in [7, 11) is 0. The zero-order chi connectivity index (χ0) is 78.3. The minimum Gasteiger partial charge on any atom is -0.341 e. The number of nitrogens with one attached hydrogen (secondary N) is 4. The molecule has 14 heteroatoms. The first-order valence-electron chi connectivity index (χ1n) is 45.9. The number of hydrogen-bond acceptors (Lipinski definition) is 8. The van der Waals surface area contributed by atoms with Crippen molar-refractivity contribution in [3.8, 4) is 0 Å². The minimum atomic E-state index is -0.307. The zero-order valence-electron chi connectivity index (χ0n) is 71.3. The van der Waals surface area contributed by atoms with Gasteiger partial charge in [0.25, 0.3) is 0 Å². The topological polar surface area (TPSA) is 181 Å². The van der Waals surface area contributed by atoms with Crippen LogP contribution in [0, 0.1) is 0 Å². The number of rotatable bonds is 83. The maximum atomic E-state index is 13.8. The number of carbonyl (C=O) groups is 4. The molecule has 626 valence electrons. The van der Waals surface area contributed by atoms with Crippen LogP contribution in [-0.4, -0.2) is 148 Å². The van der Waals surface area contributed by atoms with Gasteiger partial charge in [-0.2, -0.15) is 0 Å². The fourth-order valence-electron chi connectivity index (χ4n) is 13.5. The van der Waals surface area contributed by atoms with E-state index in [4.69, 9.17) is 11.5 Å². The summed E-state index contributed by atoms with van der Waals surface area (Å²) in [5.41, 5.74) is 11.8. The number of hydrogen-bond donors (Lipinski definition) is 6. The molecule has 0 aliphatic heterocycles. The highest BCUT2D eigenvalue weighted by Crippen LogP contribution is 2.16. The van der Waals surface area contributed by atoms with E-state index in [1.54, 1.807) is 0 Å². The van der Waals surface area contributed by atoms with Crippen molar-refractivity contribution >= 4 is 23.9 Å². The van der Waals surface area contributed by atoms with Crippen LogP contribution < -0.4 is 32.7 Å². The highest BCUT2D eigenvalue weighted by atomic mass is 16.2. The first kappa shape index (κ1) is 103. The molecule has 0 aromatic carbocycles. The second kappa shape index (κ2) is 87.8. The Hall–Kier alpha value is -4.76. The summed E-state index contributed by atoms with van der Waals surface area (Å²) in [5, 5.41) is 11.9. The molecule has 0 saturated carbocycles. The van der Waals surface area contributed by atoms with Gasteiger partial charge in [0.1, 0.15) is 0 Å². The van der Waals surface area contributed by atoms with E-state index < -0.39 is 0 Å². The predicted octanol–water partition coefficient (Wildman–Crippen LogP) is 23.4. The molecular weight excluding hydrogens is 1330 g/mol. The Bertz CT molecular complexity index is 1950. The van der Waals surface area contributed by atoms with Crippen molar-refractivity contribution in [3.63, 3.8) is 0 Å². The van der Waals surface area contributed by atoms with E-state index in [1.807, 2.05) is 9.80 Å². The molecule has 0 aliphatic carbocycles. The average molecular weight is 1510 g/mol. The summed E-state index contributed by atoms with van der Waals surface area (Å²) >= 11 is 0. The van der Waals surface area contributed by atoms with Crippen LogP contribution in [0.3, 0.4) is 0 Å². The molecule has 0 saturated heterocycles. The lowest BCUT2D eigenvalue weighted by atomic mass is 10.1. The molecule has 0 heterocycles. The Balaban J connectivity index is 5.49. The molecular formula is C94H176N10O4. The number of unbranched alkanes of at least 4 members (excludes halogenated alkanes) is 37. The van der Waals surface area contributed by atoms with Gasteiger partial charge in [-0.1, -0.05) is 279 Å². The van der Waals surface area contributed by atoms with Crippen molar-refractivity contribution in [2.75, 3.05) is 105 Å². The van der Waals surface area contributed by atoms with Crippen LogP contribution in [0.25, 0.3) is 0 Å². The summed E-state index contributed by atoms with van der Waals surface area (Å²) in [4.78, 5) is 63.1. The third-order valence-electron chi connectivity index (χ3n) is 20.4. The number of allylic oxidation sites excluding steroid dienone is 16. The smallest absolute Gasteiger partial charge is 0.315 e. The van der Waals surface area contributed by atoms with Crippen LogP contribution >= 0.6 is 0 Å². The molecule has 108 heavy (non-hydrogen) atoms. The second-order valence-electron chi connectivity index (χ2n) is 30.7. The van der Waals surface area contributed by atoms with Gasteiger partial charge in [-0.05, 0) is 245 Å². The average Bonchev–Trinajstić information content (AvgIpc) is 0.944. The van der Waals surface area contributed by atoms with Crippen LogP contribution in [0.15, 0.2) is 97.2 Å². The summed E-state index contributed by atoms with van der Waals surface area (Å²) in [6.07, 6.45) is 99.7. The number of nitrogens with zero attached hydrogens (tertiary/aromatic N) is 4. The quantitative estimate of drug-likeness (QED) is 0.0257. The normalized spacial score (nSPS) is 12.2. The lowest BCUT2D eigenvalue weighted by molar-refractivity contribution is -0.131. The van der Waals surface area contributed by atoms with E-state index in [0.29, 0.717) is 26.2 Å². The Morgan fingerprint density at radius 2 is 0.435 bits per heavy atom. The predicted molar refractivity (Wildman–Crippen MR) is 472 cm³/mol. The van der Waals surface area contributed by atoms with Gasteiger partial charge in [-0.15, -0.1) is 0 Å². The molecule has 0 spiro atoms. The fourth-order valence-corrected chi connectivity index (χ4v) is 13.5. The Kier molecular flexibility index (Phi) is 83.9. The van der Waals surface area contributed by atoms with Crippen molar-refractivity contribution in [1.29, 1.82) is 0 Å². The third kappa shape index (κ3) is 77.9. The van der Waals surface area contributed by atoms with Gasteiger partial charge in [0.15, 0.2) is 0 Å². The summed E-state index contributed by atoms with van der Waals surface area (Å²) < 4.78 is 0. The van der Waals surface area contributed by atoms with Crippen LogP contribution in [0.4, 0.5) is 9.59 Å². The standard InChI is InChI=1S/C94H176N10O4/c1-5-9-13-17-21-25-29-33-37-41-45-49-53-57-61-65-85-103(86-66-62-58-54-50-46-42-38-34-30-26-22-18-14-10-6-2)91(105)89-99-93(107)97-77-73-83-102(80-70-69-79-101(81-71-75-95)82-72-76-96)84-74-78-98-94(108)100-90-92(106)104(87-67-63-59-55-51-47-43-39-35-31-27-23-19-15-11-7-3)88-68-64-60-56-52-48-44-40-36-32-28-24-20-16-12-8-4/h21-28,33-40H,5-20,29-32,41-90,95-96H2,1-4H3,(H2,97,99,107)(H2,98,100,108). The van der Waals surface area contributed by atoms with Gasteiger partial charge in [0.05, 0.1) is 13.1 Å². The molecule has 0 fully saturated rings. The number of nitrogens with two attached hydrogens (primary N) is 2. The van der Waals surface area contributed by atoms with Gasteiger partial charge in [0.2, 0.25) is 11.8 Å². The Morgan fingerprint density at radius 3 is 0.676 bits per heavy atom. The second-order valence-corrected chi connectivity index (χ2v) is 30.7. The molecule has 8 N–H and O–H groups in total. The van der Waals surface area contributed by atoms with Crippen LogP contribution in [0.1, 0.15) is 374 Å². The van der Waals surface area contributed by atoms with Crippen molar-refractivity contribution in [1.82, 2.24) is 40.9 Å². The fraction of sp³-hybridized carbons (Fsp3) is 0.787. The molecule has 0 radical (unpaired) electrons. The monoisotopic (exact) mass is 1510 g/mol. The zero-order valence-corrected chi connectivity index (χ0v) is 71.3. The highest BCUT2D eigenvalue weighted by molar-refractivity contribution is 5.84. The van der Waals surface area contributed by atoms with Crippen LogP contribution in [0.2, 0.25) is 0 Å². The first-order valence-corrected chi connectivity index (χ1v) is 45.9. The summed E-state index contributed by atoms with van der Waals surface area (Å²) in [6, 6.07) is -0.615. The molecule has 0 unspecified atom stereocenters. The van der Waals surface area contributed by atoms with Crippen molar-refractivity contribution in [2.24, 2.45) is 11.5 Å². The SMILES string of the molecule is CCCCCC=CCC=CCCCCCCCCN(CCCCCCCCC=CCC=CCCCCC)C(=O)CNC(=O)NCCCN(CCCCN(CCCN)CCCN)CCCNC(=O)NCC(=O)N(CCCCCCCCC=CCC=CCCCCC)CCCCCCCCC=CCC=CCCCCC. The van der Waals surface area contributed by atoms with E-state index in [1.165, 1.54) is 205 Å². The van der Waals surface area contributed by atoms with E-state index in [9.17, 15) is 19.2 Å². The van der Waals surface area contributed by atoms with Crippen molar-refractivity contribution in [3.05, 3.63) is 97.2 Å². The number of urea groups is 2. The van der Waals surface area contributed by atoms with Gasteiger partial charge in [0, 0.05) is 39.3 Å². The van der Waals surface area contributed by atoms with Gasteiger partial charge < -0.3 is 52.3 Å². The first-order chi connectivity index (χ1) is 53.3. The minimum absolute atomic E-state index is 0.00158. The van der Waals surface area contributed by atoms with E-state index in [2.05, 4.69) is 156 Å². The Labute approximate surface area is 668 Å². The van der Waals surface area contributed by atoms with Crippen LogP contribution in [-0.2, 0) is 9.59 Å². The number of carbonyl (C=O) groups excluding carboxylic acids is 4. The summed E-state index contributed by atoms with van der Waals surface area (Å²) in [6.45, 7) is 19.7. The van der Waals surface area contributed by atoms with E-state index in [0.717, 1.165) is 207 Å². The van der Waals surface area contributed by atoms with Crippen LogP contribution in [0.5, 0.6) is 0 Å². The Morgan fingerprint density at radius 1 is 0.231 bits per heavy atom. The van der Waals surface area contributed by atoms with Crippen molar-refractivity contribution in [2.45, 2.75) is 374 Å². The van der Waals surface area contributed by atoms with Crippen molar-refractivity contribution < 1.29 is 19.2 Å². The molecule has 0 aliphatic rings. The maximum Gasteiger partial charge on any atom is 0.315 e. The largest absolute Gasteiger partial charge is 0.341 e. The summed E-state index contributed by atoms with van der Waals surface area (Å²) in [5.74, 6) is -0.00317. The molecule has 0 aromatic heterocycles. The molecule has 0 aromatic rings. The van der Waals surface area contributed by atoms with Gasteiger partial charge >= 0.3 is 12.1 Å². The molecule has 6 amide bonds. The van der Waals surface area contributed by atoms with E-state index >= 15 is 0 Å². The third-order valence-corrected chi connectivity index (χ3v) is 20.4. The van der Waals surface area contributed by atoms with E-state index in [-0.39, 0.29) is 37.0 Å². The highest BCUT2D eigenvalue weighted by Gasteiger charge is 2.17. The van der Waals surface area contributed by atoms with Gasteiger partial charge in [-0.25, -0.2) is 9.59 Å². The number of amides is 6. The molecule has 0 rings (SSSR count). The molecule has 0 atom stereocenters. The maximum absolute atomic E-state index is 13.8. The molecule has 14 nitrogen and oxygen atoms in total. The lowest BCUT2D eigenvalue weighted by Crippen LogP contribution is -2.45. The van der Waals surface area contributed by atoms with Gasteiger partial charge in [-0.3, -0.25) is 9.59 Å². The molecule has 0 bridgehead atoms.